The Morgan fingerprint density at radius 2 is 1.68 bits per heavy atom. The van der Waals surface area contributed by atoms with Crippen LogP contribution in [0.2, 0.25) is 0 Å². The molecular formula is C17H17F2N3. The van der Waals surface area contributed by atoms with Gasteiger partial charge in [-0.25, -0.2) is 18.7 Å². The van der Waals surface area contributed by atoms with Gasteiger partial charge in [0.05, 0.1) is 5.52 Å². The summed E-state index contributed by atoms with van der Waals surface area (Å²) in [5.74, 6) is 1.50. The molecule has 114 valence electrons. The van der Waals surface area contributed by atoms with Crippen molar-refractivity contribution in [1.82, 2.24) is 9.97 Å². The molecule has 1 aromatic heterocycles. The summed E-state index contributed by atoms with van der Waals surface area (Å²) in [7, 11) is 0. The number of rotatable bonds is 2. The largest absolute Gasteiger partial charge is 0.355 e. The van der Waals surface area contributed by atoms with Crippen molar-refractivity contribution in [3.05, 3.63) is 42.2 Å². The minimum absolute atomic E-state index is 0.373. The summed E-state index contributed by atoms with van der Waals surface area (Å²) in [5.41, 5.74) is 0.593. The maximum absolute atomic E-state index is 13.1. The van der Waals surface area contributed by atoms with Crippen LogP contribution in [-0.2, 0) is 0 Å². The van der Waals surface area contributed by atoms with Gasteiger partial charge < -0.3 is 4.90 Å². The Kier molecular flexibility index (Phi) is 3.28. The highest BCUT2D eigenvalue weighted by molar-refractivity contribution is 5.89. The molecule has 1 aromatic carbocycles. The number of fused-ring (bicyclic) bond motifs is 2. The Morgan fingerprint density at radius 1 is 1.00 bits per heavy atom. The molecule has 2 atom stereocenters. The van der Waals surface area contributed by atoms with Crippen molar-refractivity contribution < 1.29 is 8.78 Å². The number of nitrogens with zero attached hydrogens (tertiary/aromatic N) is 3. The fraction of sp³-hybridized carbons (Fsp3) is 0.412. The molecule has 1 saturated heterocycles. The van der Waals surface area contributed by atoms with E-state index in [2.05, 4.69) is 27.0 Å². The minimum Gasteiger partial charge on any atom is -0.355 e. The monoisotopic (exact) mass is 301 g/mol. The smallest absolute Gasteiger partial charge is 0.297 e. The zero-order chi connectivity index (χ0) is 15.1. The quantitative estimate of drug-likeness (QED) is 0.786. The number of benzene rings is 1. The summed E-state index contributed by atoms with van der Waals surface area (Å²) in [5, 5.41) is 0.860. The van der Waals surface area contributed by atoms with Crippen LogP contribution in [0, 0.1) is 11.8 Å². The van der Waals surface area contributed by atoms with Gasteiger partial charge in [-0.1, -0.05) is 24.3 Å². The molecule has 2 unspecified atom stereocenters. The number of hydrogen-bond donors (Lipinski definition) is 0. The second-order valence-corrected chi connectivity index (χ2v) is 6.09. The number of anilines is 1. The van der Waals surface area contributed by atoms with Crippen molar-refractivity contribution in [2.24, 2.45) is 11.8 Å². The molecular weight excluding hydrogens is 284 g/mol. The molecule has 0 N–H and O–H groups in total. The Balaban J connectivity index is 1.77. The van der Waals surface area contributed by atoms with E-state index < -0.39 is 6.43 Å². The zero-order valence-corrected chi connectivity index (χ0v) is 12.1. The molecule has 3 nitrogen and oxygen atoms in total. The van der Waals surface area contributed by atoms with Crippen LogP contribution in [0.5, 0.6) is 0 Å². The molecule has 5 heteroatoms. The van der Waals surface area contributed by atoms with Gasteiger partial charge in [-0.05, 0) is 36.8 Å². The van der Waals surface area contributed by atoms with Gasteiger partial charge >= 0.3 is 0 Å². The second kappa shape index (κ2) is 5.30. The SMILES string of the molecule is FC(F)c1nc(N2CC3CC=CCC3C2)c2ccccc2n1. The van der Waals surface area contributed by atoms with E-state index in [0.717, 1.165) is 31.3 Å². The number of para-hydroxylation sites is 1. The van der Waals surface area contributed by atoms with E-state index in [9.17, 15) is 8.78 Å². The van der Waals surface area contributed by atoms with Gasteiger partial charge in [0.15, 0.2) is 5.82 Å². The number of allylic oxidation sites excluding steroid dienone is 2. The zero-order valence-electron chi connectivity index (χ0n) is 12.1. The summed E-state index contributed by atoms with van der Waals surface area (Å²) in [6, 6.07) is 7.42. The molecule has 1 aliphatic heterocycles. The molecule has 1 fully saturated rings. The van der Waals surface area contributed by atoms with Gasteiger partial charge in [0.2, 0.25) is 0 Å². The Labute approximate surface area is 127 Å². The normalized spacial score (nSPS) is 24.2. The number of aromatic nitrogens is 2. The lowest BCUT2D eigenvalue weighted by molar-refractivity contribution is 0.141. The highest BCUT2D eigenvalue weighted by Crippen LogP contribution is 2.37. The molecule has 2 aliphatic rings. The standard InChI is InChI=1S/C17H17F2N3/c18-15(19)16-20-14-8-4-3-7-13(14)17(21-16)22-9-11-5-1-2-6-12(11)10-22/h1-4,7-8,11-12,15H,5-6,9-10H2. The summed E-state index contributed by atoms with van der Waals surface area (Å²) in [4.78, 5) is 10.3. The lowest BCUT2D eigenvalue weighted by Crippen LogP contribution is -2.22. The molecule has 0 spiro atoms. The predicted octanol–water partition coefficient (Wildman–Crippen LogP) is 3.97. The Bertz CT molecular complexity index is 713. The van der Waals surface area contributed by atoms with Crippen LogP contribution >= 0.6 is 0 Å². The first-order chi connectivity index (χ1) is 10.7. The van der Waals surface area contributed by atoms with E-state index in [1.807, 2.05) is 18.2 Å². The molecule has 2 heterocycles. The third-order valence-electron chi connectivity index (χ3n) is 4.72. The molecule has 4 rings (SSSR count). The fourth-order valence-corrected chi connectivity index (χ4v) is 3.60. The first-order valence-corrected chi connectivity index (χ1v) is 7.67. The predicted molar refractivity (Wildman–Crippen MR) is 82.1 cm³/mol. The van der Waals surface area contributed by atoms with Crippen LogP contribution in [0.3, 0.4) is 0 Å². The van der Waals surface area contributed by atoms with E-state index in [0.29, 0.717) is 23.2 Å². The molecule has 2 aromatic rings. The topological polar surface area (TPSA) is 29.0 Å². The summed E-state index contributed by atoms with van der Waals surface area (Å²) in [6.07, 6.45) is 3.97. The first kappa shape index (κ1) is 13.6. The van der Waals surface area contributed by atoms with E-state index in [4.69, 9.17) is 0 Å². The van der Waals surface area contributed by atoms with Gasteiger partial charge in [0.25, 0.3) is 6.43 Å². The molecule has 0 amide bonds. The highest BCUT2D eigenvalue weighted by atomic mass is 19.3. The molecule has 0 bridgehead atoms. The average Bonchev–Trinajstić information content (AvgIpc) is 2.97. The average molecular weight is 301 g/mol. The van der Waals surface area contributed by atoms with Crippen molar-refractivity contribution in [2.75, 3.05) is 18.0 Å². The summed E-state index contributed by atoms with van der Waals surface area (Å²) >= 11 is 0. The number of halogens is 2. The van der Waals surface area contributed by atoms with Crippen molar-refractivity contribution >= 4 is 16.7 Å². The van der Waals surface area contributed by atoms with Gasteiger partial charge in [-0.15, -0.1) is 0 Å². The van der Waals surface area contributed by atoms with Crippen molar-refractivity contribution in [3.8, 4) is 0 Å². The maximum atomic E-state index is 13.1. The molecule has 22 heavy (non-hydrogen) atoms. The third kappa shape index (κ3) is 2.25. The van der Waals surface area contributed by atoms with E-state index in [1.165, 1.54) is 0 Å². The first-order valence-electron chi connectivity index (χ1n) is 7.67. The molecule has 0 radical (unpaired) electrons. The lowest BCUT2D eigenvalue weighted by atomic mass is 9.86. The van der Waals surface area contributed by atoms with Gasteiger partial charge in [0, 0.05) is 18.5 Å². The minimum atomic E-state index is -2.64. The van der Waals surface area contributed by atoms with E-state index >= 15 is 0 Å². The number of alkyl halides is 2. The molecule has 1 aliphatic carbocycles. The summed E-state index contributed by atoms with van der Waals surface area (Å²) in [6.45, 7) is 1.78. The highest BCUT2D eigenvalue weighted by Gasteiger charge is 2.34. The van der Waals surface area contributed by atoms with Gasteiger partial charge in [-0.2, -0.15) is 0 Å². The Hall–Kier alpha value is -2.04. The van der Waals surface area contributed by atoms with Crippen LogP contribution in [0.25, 0.3) is 10.9 Å². The van der Waals surface area contributed by atoms with Gasteiger partial charge in [0.1, 0.15) is 5.82 Å². The van der Waals surface area contributed by atoms with E-state index in [1.54, 1.807) is 6.07 Å². The molecule has 0 saturated carbocycles. The number of hydrogen-bond acceptors (Lipinski definition) is 3. The van der Waals surface area contributed by atoms with Crippen LogP contribution in [-0.4, -0.2) is 23.1 Å². The maximum Gasteiger partial charge on any atom is 0.297 e. The van der Waals surface area contributed by atoms with E-state index in [-0.39, 0.29) is 5.82 Å². The lowest BCUT2D eigenvalue weighted by Gasteiger charge is -2.20. The van der Waals surface area contributed by atoms with Gasteiger partial charge in [-0.3, -0.25) is 0 Å². The van der Waals surface area contributed by atoms with Crippen LogP contribution in [0.15, 0.2) is 36.4 Å². The van der Waals surface area contributed by atoms with Crippen molar-refractivity contribution in [1.29, 1.82) is 0 Å². The fourth-order valence-electron chi connectivity index (χ4n) is 3.60. The second-order valence-electron chi connectivity index (χ2n) is 6.09. The van der Waals surface area contributed by atoms with Crippen LogP contribution < -0.4 is 4.90 Å². The van der Waals surface area contributed by atoms with Crippen LogP contribution in [0.1, 0.15) is 25.1 Å². The van der Waals surface area contributed by atoms with Crippen molar-refractivity contribution in [3.63, 3.8) is 0 Å². The Morgan fingerprint density at radius 3 is 2.36 bits per heavy atom. The third-order valence-corrected chi connectivity index (χ3v) is 4.72. The summed E-state index contributed by atoms with van der Waals surface area (Å²) < 4.78 is 26.2. The van der Waals surface area contributed by atoms with Crippen LogP contribution in [0.4, 0.5) is 14.6 Å². The van der Waals surface area contributed by atoms with Crippen molar-refractivity contribution in [2.45, 2.75) is 19.3 Å².